The molecular weight excluding hydrogens is 184 g/mol. The first-order valence-electron chi connectivity index (χ1n) is 6.02. The summed E-state index contributed by atoms with van der Waals surface area (Å²) in [6.07, 6.45) is 0. The van der Waals surface area contributed by atoms with Crippen molar-refractivity contribution in [1.29, 1.82) is 0 Å². The van der Waals surface area contributed by atoms with Gasteiger partial charge in [-0.2, -0.15) is 0 Å². The normalized spacial score (nSPS) is 16.8. The Labute approximate surface area is 94.5 Å². The molecule has 15 heavy (non-hydrogen) atoms. The van der Waals surface area contributed by atoms with Crippen molar-refractivity contribution in [2.45, 2.75) is 34.6 Å². The van der Waals surface area contributed by atoms with Crippen LogP contribution in [0.1, 0.15) is 34.6 Å². The van der Waals surface area contributed by atoms with Gasteiger partial charge in [0.05, 0.1) is 0 Å². The second kappa shape index (κ2) is 5.13. The maximum absolute atomic E-state index is 3.57. The average molecular weight is 210 g/mol. The summed E-state index contributed by atoms with van der Waals surface area (Å²) < 4.78 is 0. The summed E-state index contributed by atoms with van der Waals surface area (Å²) in [6.45, 7) is 15.8. The maximum Gasteiger partial charge on any atom is 0.0183 e. The fraction of sp³-hybridized carbons (Fsp3) is 0.846. The summed E-state index contributed by atoms with van der Waals surface area (Å²) in [5.41, 5.74) is 3.50. The number of rotatable bonds is 5. The quantitative estimate of drug-likeness (QED) is 0.680. The van der Waals surface area contributed by atoms with E-state index in [9.17, 15) is 0 Å². The summed E-state index contributed by atoms with van der Waals surface area (Å²) in [6, 6.07) is 0. The third kappa shape index (κ3) is 3.62. The molecular formula is C13H26N2. The molecule has 0 bridgehead atoms. The molecule has 88 valence electrons. The number of hydrogen-bond donors (Lipinski definition) is 2. The summed E-state index contributed by atoms with van der Waals surface area (Å²) in [5.74, 6) is 0.725. The minimum absolute atomic E-state index is 0.392. The van der Waals surface area contributed by atoms with E-state index < -0.39 is 0 Å². The van der Waals surface area contributed by atoms with Crippen LogP contribution in [0.15, 0.2) is 11.1 Å². The van der Waals surface area contributed by atoms with Crippen LogP contribution in [0.2, 0.25) is 0 Å². The van der Waals surface area contributed by atoms with Crippen molar-refractivity contribution in [3.63, 3.8) is 0 Å². The van der Waals surface area contributed by atoms with E-state index in [1.807, 2.05) is 0 Å². The molecule has 1 heterocycles. The molecule has 0 spiro atoms. The van der Waals surface area contributed by atoms with Crippen LogP contribution < -0.4 is 10.6 Å². The molecule has 2 heteroatoms. The van der Waals surface area contributed by atoms with Crippen molar-refractivity contribution in [3.8, 4) is 0 Å². The van der Waals surface area contributed by atoms with Gasteiger partial charge in [0.15, 0.2) is 0 Å². The molecule has 1 saturated heterocycles. The summed E-state index contributed by atoms with van der Waals surface area (Å²) in [5, 5.41) is 6.85. The monoisotopic (exact) mass is 210 g/mol. The predicted molar refractivity (Wildman–Crippen MR) is 67.1 cm³/mol. The van der Waals surface area contributed by atoms with Gasteiger partial charge in [-0.1, -0.05) is 33.3 Å². The van der Waals surface area contributed by atoms with Crippen molar-refractivity contribution in [3.05, 3.63) is 11.1 Å². The summed E-state index contributed by atoms with van der Waals surface area (Å²) >= 11 is 0. The highest BCUT2D eigenvalue weighted by Gasteiger charge is 2.21. The van der Waals surface area contributed by atoms with Crippen molar-refractivity contribution in [2.75, 3.05) is 26.2 Å². The van der Waals surface area contributed by atoms with Gasteiger partial charge >= 0.3 is 0 Å². The van der Waals surface area contributed by atoms with Crippen LogP contribution in [-0.4, -0.2) is 26.2 Å². The summed E-state index contributed by atoms with van der Waals surface area (Å²) in [7, 11) is 0. The molecule has 2 nitrogen and oxygen atoms in total. The molecule has 0 unspecified atom stereocenters. The highest BCUT2D eigenvalue weighted by atomic mass is 14.9. The van der Waals surface area contributed by atoms with Crippen molar-refractivity contribution in [2.24, 2.45) is 11.3 Å². The van der Waals surface area contributed by atoms with Crippen LogP contribution in [-0.2, 0) is 0 Å². The molecule has 1 rings (SSSR count). The molecule has 1 aliphatic heterocycles. The molecule has 2 N–H and O–H groups in total. The third-order valence-corrected chi connectivity index (χ3v) is 3.81. The Kier molecular flexibility index (Phi) is 4.35. The van der Waals surface area contributed by atoms with Gasteiger partial charge in [0.1, 0.15) is 0 Å². The van der Waals surface area contributed by atoms with E-state index in [4.69, 9.17) is 0 Å². The van der Waals surface area contributed by atoms with Gasteiger partial charge in [0.2, 0.25) is 0 Å². The van der Waals surface area contributed by atoms with Crippen LogP contribution in [0, 0.1) is 11.3 Å². The van der Waals surface area contributed by atoms with Crippen LogP contribution in [0.5, 0.6) is 0 Å². The van der Waals surface area contributed by atoms with Gasteiger partial charge in [0.25, 0.3) is 0 Å². The van der Waals surface area contributed by atoms with Crippen LogP contribution in [0.25, 0.3) is 0 Å². The summed E-state index contributed by atoms with van der Waals surface area (Å²) in [4.78, 5) is 0. The Hall–Kier alpha value is -0.340. The largest absolute Gasteiger partial charge is 0.312 e. The van der Waals surface area contributed by atoms with E-state index in [0.717, 1.165) is 32.1 Å². The smallest absolute Gasteiger partial charge is 0.0183 e. The van der Waals surface area contributed by atoms with Gasteiger partial charge in [0, 0.05) is 26.2 Å². The Bertz CT molecular complexity index is 233. The lowest BCUT2D eigenvalue weighted by Crippen LogP contribution is -2.38. The molecule has 0 aromatic heterocycles. The minimum Gasteiger partial charge on any atom is -0.312 e. The average Bonchev–Trinajstić information content (AvgIpc) is 1.99. The zero-order chi connectivity index (χ0) is 11.5. The standard InChI is InChI=1S/C13H26N2/c1-10(2)13(4,5)9-15-6-11(3)12-7-14-8-12/h10,14-15H,6-9H2,1-5H3. The lowest BCUT2D eigenvalue weighted by molar-refractivity contribution is 0.241. The number of hydrogen-bond acceptors (Lipinski definition) is 2. The van der Waals surface area contributed by atoms with E-state index in [-0.39, 0.29) is 0 Å². The Morgan fingerprint density at radius 2 is 2.00 bits per heavy atom. The molecule has 0 aromatic rings. The second-order valence-electron chi connectivity index (χ2n) is 5.73. The Balaban J connectivity index is 2.27. The minimum atomic E-state index is 0.392. The van der Waals surface area contributed by atoms with Gasteiger partial charge in [-0.15, -0.1) is 0 Å². The van der Waals surface area contributed by atoms with Gasteiger partial charge in [-0.25, -0.2) is 0 Å². The van der Waals surface area contributed by atoms with E-state index in [0.29, 0.717) is 5.41 Å². The zero-order valence-electron chi connectivity index (χ0n) is 10.9. The lowest BCUT2D eigenvalue weighted by atomic mass is 9.81. The molecule has 0 amide bonds. The van der Waals surface area contributed by atoms with Gasteiger partial charge in [-0.05, 0) is 23.8 Å². The predicted octanol–water partition coefficient (Wildman–Crippen LogP) is 2.18. The number of nitrogens with one attached hydrogen (secondary N) is 2. The molecule has 1 fully saturated rings. The first kappa shape index (κ1) is 12.7. The van der Waals surface area contributed by atoms with E-state index in [1.54, 1.807) is 5.57 Å². The SMILES string of the molecule is CC(CNCC(C)(C)C(C)C)=C1CNC1. The highest BCUT2D eigenvalue weighted by Crippen LogP contribution is 2.24. The second-order valence-corrected chi connectivity index (χ2v) is 5.73. The van der Waals surface area contributed by atoms with Crippen molar-refractivity contribution < 1.29 is 0 Å². The Morgan fingerprint density at radius 3 is 2.40 bits per heavy atom. The molecule has 0 radical (unpaired) electrons. The van der Waals surface area contributed by atoms with Gasteiger partial charge in [-0.3, -0.25) is 0 Å². The van der Waals surface area contributed by atoms with Crippen LogP contribution >= 0.6 is 0 Å². The fourth-order valence-electron chi connectivity index (χ4n) is 1.45. The molecule has 0 aromatic carbocycles. The van der Waals surface area contributed by atoms with E-state index >= 15 is 0 Å². The van der Waals surface area contributed by atoms with Crippen LogP contribution in [0.4, 0.5) is 0 Å². The van der Waals surface area contributed by atoms with Crippen LogP contribution in [0.3, 0.4) is 0 Å². The van der Waals surface area contributed by atoms with Gasteiger partial charge < -0.3 is 10.6 Å². The first-order chi connectivity index (χ1) is 6.93. The fourth-order valence-corrected chi connectivity index (χ4v) is 1.45. The molecule has 0 atom stereocenters. The topological polar surface area (TPSA) is 24.1 Å². The third-order valence-electron chi connectivity index (χ3n) is 3.81. The maximum atomic E-state index is 3.57. The van der Waals surface area contributed by atoms with E-state index in [2.05, 4.69) is 45.3 Å². The highest BCUT2D eigenvalue weighted by molar-refractivity contribution is 5.22. The van der Waals surface area contributed by atoms with E-state index in [1.165, 1.54) is 5.57 Å². The Morgan fingerprint density at radius 1 is 1.40 bits per heavy atom. The molecule has 0 aliphatic carbocycles. The zero-order valence-corrected chi connectivity index (χ0v) is 10.9. The van der Waals surface area contributed by atoms with Crippen molar-refractivity contribution >= 4 is 0 Å². The van der Waals surface area contributed by atoms with Crippen molar-refractivity contribution in [1.82, 2.24) is 10.6 Å². The molecule has 0 saturated carbocycles. The lowest BCUT2D eigenvalue weighted by Gasteiger charge is -2.30. The molecule has 1 aliphatic rings. The first-order valence-corrected chi connectivity index (χ1v) is 6.02.